The molecule has 0 saturated carbocycles. The van der Waals surface area contributed by atoms with Gasteiger partial charge < -0.3 is 14.4 Å². The molecule has 0 saturated heterocycles. The average Bonchev–Trinajstić information content (AvgIpc) is 2.58. The summed E-state index contributed by atoms with van der Waals surface area (Å²) in [5.41, 5.74) is 1.43. The number of esters is 1. The van der Waals surface area contributed by atoms with Gasteiger partial charge in [-0.3, -0.25) is 4.79 Å². The van der Waals surface area contributed by atoms with Gasteiger partial charge in [-0.15, -0.1) is 0 Å². The summed E-state index contributed by atoms with van der Waals surface area (Å²) in [6.07, 6.45) is 3.17. The summed E-state index contributed by atoms with van der Waals surface area (Å²) in [6, 6.07) is 1.73. The van der Waals surface area contributed by atoms with Crippen LogP contribution in [0.1, 0.15) is 28.9 Å². The molecule has 0 aliphatic heterocycles. The maximum atomic E-state index is 11.3. The highest BCUT2D eigenvalue weighted by molar-refractivity contribution is 5.87. The van der Waals surface area contributed by atoms with Gasteiger partial charge in [-0.1, -0.05) is 0 Å². The maximum Gasteiger partial charge on any atom is 0.354 e. The fraction of sp³-hybridized carbons (Fsp3) is 0.455. The van der Waals surface area contributed by atoms with Crippen molar-refractivity contribution in [3.8, 4) is 0 Å². The van der Waals surface area contributed by atoms with Crippen molar-refractivity contribution in [3.05, 3.63) is 23.5 Å². The van der Waals surface area contributed by atoms with Gasteiger partial charge in [-0.2, -0.15) is 0 Å². The summed E-state index contributed by atoms with van der Waals surface area (Å²) in [5, 5.41) is 8.50. The number of hydrogen-bond acceptors (Lipinski definition) is 3. The van der Waals surface area contributed by atoms with Crippen LogP contribution in [0.15, 0.2) is 12.3 Å². The SMILES string of the molecule is COC(=O)c1cc(CCCC(=O)O)cn1C. The van der Waals surface area contributed by atoms with E-state index in [0.29, 0.717) is 18.5 Å². The van der Waals surface area contributed by atoms with E-state index in [1.165, 1.54) is 7.11 Å². The monoisotopic (exact) mass is 225 g/mol. The molecule has 5 nitrogen and oxygen atoms in total. The summed E-state index contributed by atoms with van der Waals surface area (Å²) in [6.45, 7) is 0. The van der Waals surface area contributed by atoms with Crippen LogP contribution in [0.3, 0.4) is 0 Å². The molecule has 88 valence electrons. The van der Waals surface area contributed by atoms with Crippen molar-refractivity contribution >= 4 is 11.9 Å². The third-order valence-electron chi connectivity index (χ3n) is 2.31. The molecule has 0 aliphatic carbocycles. The number of nitrogens with zero attached hydrogens (tertiary/aromatic N) is 1. The topological polar surface area (TPSA) is 68.5 Å². The molecule has 0 aliphatic rings. The normalized spacial score (nSPS) is 10.1. The van der Waals surface area contributed by atoms with Crippen LogP contribution in [0.5, 0.6) is 0 Å². The molecule has 1 rings (SSSR count). The van der Waals surface area contributed by atoms with E-state index in [4.69, 9.17) is 5.11 Å². The van der Waals surface area contributed by atoms with Gasteiger partial charge >= 0.3 is 11.9 Å². The van der Waals surface area contributed by atoms with Crippen molar-refractivity contribution in [2.75, 3.05) is 7.11 Å². The van der Waals surface area contributed by atoms with Gasteiger partial charge in [-0.05, 0) is 24.5 Å². The van der Waals surface area contributed by atoms with E-state index in [1.54, 1.807) is 17.7 Å². The molecule has 16 heavy (non-hydrogen) atoms. The summed E-state index contributed by atoms with van der Waals surface area (Å²) in [5.74, 6) is -1.18. The number of hydrogen-bond donors (Lipinski definition) is 1. The van der Waals surface area contributed by atoms with Crippen LogP contribution in [-0.2, 0) is 23.0 Å². The van der Waals surface area contributed by atoms with Gasteiger partial charge in [0.1, 0.15) is 5.69 Å². The Morgan fingerprint density at radius 3 is 2.75 bits per heavy atom. The lowest BCUT2D eigenvalue weighted by Gasteiger charge is -1.98. The van der Waals surface area contributed by atoms with Crippen molar-refractivity contribution in [1.82, 2.24) is 4.57 Å². The number of aliphatic carboxylic acids is 1. The molecule has 1 aromatic heterocycles. The number of carboxylic acids is 1. The van der Waals surface area contributed by atoms with Gasteiger partial charge in [0.25, 0.3) is 0 Å². The number of methoxy groups -OCH3 is 1. The van der Waals surface area contributed by atoms with E-state index in [9.17, 15) is 9.59 Å². The van der Waals surface area contributed by atoms with Crippen LogP contribution in [-0.4, -0.2) is 28.7 Å². The lowest BCUT2D eigenvalue weighted by molar-refractivity contribution is -0.137. The molecule has 5 heteroatoms. The second kappa shape index (κ2) is 5.34. The average molecular weight is 225 g/mol. The highest BCUT2D eigenvalue weighted by Crippen LogP contribution is 2.11. The smallest absolute Gasteiger partial charge is 0.354 e. The van der Waals surface area contributed by atoms with E-state index in [-0.39, 0.29) is 12.4 Å². The molecule has 1 heterocycles. The Labute approximate surface area is 93.6 Å². The van der Waals surface area contributed by atoms with E-state index in [0.717, 1.165) is 5.56 Å². The van der Waals surface area contributed by atoms with Crippen LogP contribution in [0.2, 0.25) is 0 Å². The number of aryl methyl sites for hydroxylation is 2. The molecule has 0 atom stereocenters. The predicted octanol–water partition coefficient (Wildman–Crippen LogP) is 1.22. The summed E-state index contributed by atoms with van der Waals surface area (Å²) >= 11 is 0. The third kappa shape index (κ3) is 3.12. The number of carbonyl (C=O) groups excluding carboxylic acids is 1. The molecular formula is C11H15NO4. The predicted molar refractivity (Wildman–Crippen MR) is 57.3 cm³/mol. The first-order valence-electron chi connectivity index (χ1n) is 5.00. The Morgan fingerprint density at radius 2 is 2.19 bits per heavy atom. The Hall–Kier alpha value is -1.78. The lowest BCUT2D eigenvalue weighted by atomic mass is 10.1. The Kier molecular flexibility index (Phi) is 4.10. The second-order valence-electron chi connectivity index (χ2n) is 3.58. The van der Waals surface area contributed by atoms with Gasteiger partial charge in [0.15, 0.2) is 0 Å². The molecule has 0 spiro atoms. The van der Waals surface area contributed by atoms with Gasteiger partial charge in [0.05, 0.1) is 7.11 Å². The molecule has 0 unspecified atom stereocenters. The van der Waals surface area contributed by atoms with Crippen molar-refractivity contribution in [2.24, 2.45) is 7.05 Å². The molecular weight excluding hydrogens is 210 g/mol. The van der Waals surface area contributed by atoms with E-state index >= 15 is 0 Å². The minimum absolute atomic E-state index is 0.141. The Balaban J connectivity index is 2.62. The third-order valence-corrected chi connectivity index (χ3v) is 2.31. The van der Waals surface area contributed by atoms with Gasteiger partial charge in [0.2, 0.25) is 0 Å². The quantitative estimate of drug-likeness (QED) is 0.765. The Bertz CT molecular complexity index is 395. The highest BCUT2D eigenvalue weighted by atomic mass is 16.5. The van der Waals surface area contributed by atoms with E-state index in [1.807, 2.05) is 6.20 Å². The van der Waals surface area contributed by atoms with Crippen molar-refractivity contribution in [1.29, 1.82) is 0 Å². The van der Waals surface area contributed by atoms with Crippen molar-refractivity contribution in [2.45, 2.75) is 19.3 Å². The summed E-state index contributed by atoms with van der Waals surface area (Å²) in [7, 11) is 3.09. The molecule has 0 bridgehead atoms. The lowest BCUT2D eigenvalue weighted by Crippen LogP contribution is -2.06. The first kappa shape index (κ1) is 12.3. The number of carboxylic acid groups (broad SMARTS) is 1. The van der Waals surface area contributed by atoms with Crippen LogP contribution >= 0.6 is 0 Å². The number of aromatic nitrogens is 1. The van der Waals surface area contributed by atoms with Crippen LogP contribution < -0.4 is 0 Å². The van der Waals surface area contributed by atoms with Crippen LogP contribution in [0.25, 0.3) is 0 Å². The molecule has 0 amide bonds. The minimum Gasteiger partial charge on any atom is -0.481 e. The largest absolute Gasteiger partial charge is 0.481 e. The molecule has 1 aromatic rings. The fourth-order valence-corrected chi connectivity index (χ4v) is 1.52. The standard InChI is InChI=1S/C11H15NO4/c1-12-7-8(4-3-5-10(13)14)6-9(12)11(15)16-2/h6-7H,3-5H2,1-2H3,(H,13,14). The number of ether oxygens (including phenoxy) is 1. The van der Waals surface area contributed by atoms with E-state index in [2.05, 4.69) is 4.74 Å². The first-order valence-corrected chi connectivity index (χ1v) is 5.00. The minimum atomic E-state index is -0.802. The number of rotatable bonds is 5. The fourth-order valence-electron chi connectivity index (χ4n) is 1.52. The highest BCUT2D eigenvalue weighted by Gasteiger charge is 2.11. The molecule has 0 radical (unpaired) electrons. The summed E-state index contributed by atoms with van der Waals surface area (Å²) in [4.78, 5) is 21.6. The maximum absolute atomic E-state index is 11.3. The van der Waals surface area contributed by atoms with Gasteiger partial charge in [-0.25, -0.2) is 4.79 Å². The van der Waals surface area contributed by atoms with Gasteiger partial charge in [0, 0.05) is 19.7 Å². The second-order valence-corrected chi connectivity index (χ2v) is 3.58. The Morgan fingerprint density at radius 1 is 1.50 bits per heavy atom. The molecule has 0 aromatic carbocycles. The molecule has 0 fully saturated rings. The first-order chi connectivity index (χ1) is 7.54. The van der Waals surface area contributed by atoms with Crippen LogP contribution in [0.4, 0.5) is 0 Å². The van der Waals surface area contributed by atoms with Crippen molar-refractivity contribution < 1.29 is 19.4 Å². The summed E-state index contributed by atoms with van der Waals surface area (Å²) < 4.78 is 6.30. The zero-order chi connectivity index (χ0) is 12.1. The van der Waals surface area contributed by atoms with Crippen molar-refractivity contribution in [3.63, 3.8) is 0 Å². The van der Waals surface area contributed by atoms with Crippen LogP contribution in [0, 0.1) is 0 Å². The van der Waals surface area contributed by atoms with E-state index < -0.39 is 5.97 Å². The number of carbonyl (C=O) groups is 2. The molecule has 1 N–H and O–H groups in total. The zero-order valence-electron chi connectivity index (χ0n) is 9.40. The zero-order valence-corrected chi connectivity index (χ0v) is 9.40.